The van der Waals surface area contributed by atoms with Crippen LogP contribution in [-0.4, -0.2) is 71.1 Å². The SMILES string of the molecule is COc1ccc(OC)c(S(=O)(=O)N2CCC[NH+](CC(=O)NC(C)(C)C)CC2)c1. The lowest BCUT2D eigenvalue weighted by Crippen LogP contribution is -3.13. The number of carbonyl (C=O) groups excluding carboxylic acids is 1. The van der Waals surface area contributed by atoms with Crippen molar-refractivity contribution in [3.05, 3.63) is 18.2 Å². The number of quaternary nitrogens is 1. The van der Waals surface area contributed by atoms with Gasteiger partial charge in [0.15, 0.2) is 6.54 Å². The molecule has 9 heteroatoms. The Balaban J connectivity index is 2.12. The summed E-state index contributed by atoms with van der Waals surface area (Å²) in [6, 6.07) is 4.75. The largest absolute Gasteiger partial charge is 0.497 e. The maximum atomic E-state index is 13.2. The number of nitrogens with one attached hydrogen (secondary N) is 2. The van der Waals surface area contributed by atoms with Gasteiger partial charge in [-0.25, -0.2) is 8.42 Å². The molecule has 2 N–H and O–H groups in total. The van der Waals surface area contributed by atoms with Gasteiger partial charge in [0.2, 0.25) is 10.0 Å². The van der Waals surface area contributed by atoms with E-state index in [1.807, 2.05) is 20.8 Å². The van der Waals surface area contributed by atoms with Crippen LogP contribution in [0.5, 0.6) is 11.5 Å². The van der Waals surface area contributed by atoms with Crippen LogP contribution < -0.4 is 19.7 Å². The number of hydrogen-bond acceptors (Lipinski definition) is 5. The van der Waals surface area contributed by atoms with Gasteiger partial charge in [-0.05, 0) is 32.9 Å². The Morgan fingerprint density at radius 3 is 2.50 bits per heavy atom. The van der Waals surface area contributed by atoms with Crippen LogP contribution in [0.4, 0.5) is 0 Å². The minimum atomic E-state index is -3.73. The van der Waals surface area contributed by atoms with Crippen LogP contribution in [0.2, 0.25) is 0 Å². The topological polar surface area (TPSA) is 89.4 Å². The molecule has 1 aliphatic heterocycles. The molecule has 8 nitrogen and oxygen atoms in total. The Labute approximate surface area is 167 Å². The zero-order chi connectivity index (χ0) is 20.9. The van der Waals surface area contributed by atoms with Gasteiger partial charge in [0, 0.05) is 24.6 Å². The van der Waals surface area contributed by atoms with Crippen molar-refractivity contribution in [3.63, 3.8) is 0 Å². The molecule has 0 radical (unpaired) electrons. The van der Waals surface area contributed by atoms with Crippen molar-refractivity contribution in [3.8, 4) is 11.5 Å². The molecule has 2 rings (SSSR count). The molecular weight excluding hydrogens is 382 g/mol. The lowest BCUT2D eigenvalue weighted by Gasteiger charge is -2.23. The van der Waals surface area contributed by atoms with E-state index in [0.717, 1.165) is 11.4 Å². The van der Waals surface area contributed by atoms with E-state index in [1.54, 1.807) is 12.1 Å². The van der Waals surface area contributed by atoms with Crippen LogP contribution in [0.15, 0.2) is 23.1 Å². The molecule has 1 saturated heterocycles. The number of nitrogens with zero attached hydrogens (tertiary/aromatic N) is 1. The summed E-state index contributed by atoms with van der Waals surface area (Å²) in [5.41, 5.74) is -0.277. The molecule has 0 spiro atoms. The van der Waals surface area contributed by atoms with Crippen molar-refractivity contribution >= 4 is 15.9 Å². The monoisotopic (exact) mass is 414 g/mol. The Morgan fingerprint density at radius 1 is 1.18 bits per heavy atom. The van der Waals surface area contributed by atoms with E-state index in [9.17, 15) is 13.2 Å². The Morgan fingerprint density at radius 2 is 1.89 bits per heavy atom. The zero-order valence-electron chi connectivity index (χ0n) is 17.4. The normalized spacial score (nSPS) is 19.0. The predicted molar refractivity (Wildman–Crippen MR) is 106 cm³/mol. The fraction of sp³-hybridized carbons (Fsp3) is 0.632. The third kappa shape index (κ3) is 5.83. The molecule has 0 aromatic heterocycles. The van der Waals surface area contributed by atoms with Gasteiger partial charge in [-0.2, -0.15) is 4.31 Å². The lowest BCUT2D eigenvalue weighted by atomic mass is 10.1. The first kappa shape index (κ1) is 22.4. The highest BCUT2D eigenvalue weighted by molar-refractivity contribution is 7.89. The van der Waals surface area contributed by atoms with Crippen LogP contribution in [-0.2, 0) is 14.8 Å². The van der Waals surface area contributed by atoms with Crippen molar-refractivity contribution < 1.29 is 27.6 Å². The number of rotatable bonds is 6. The molecular formula is C19H32N3O5S+. The summed E-state index contributed by atoms with van der Waals surface area (Å²) in [5.74, 6) is 0.729. The van der Waals surface area contributed by atoms with E-state index >= 15 is 0 Å². The summed E-state index contributed by atoms with van der Waals surface area (Å²) in [7, 11) is -0.786. The van der Waals surface area contributed by atoms with Gasteiger partial charge in [0.1, 0.15) is 16.4 Å². The van der Waals surface area contributed by atoms with E-state index in [0.29, 0.717) is 44.1 Å². The molecule has 1 fully saturated rings. The highest BCUT2D eigenvalue weighted by atomic mass is 32.2. The van der Waals surface area contributed by atoms with Gasteiger partial charge in [-0.1, -0.05) is 0 Å². The van der Waals surface area contributed by atoms with Crippen molar-refractivity contribution in [2.24, 2.45) is 0 Å². The summed E-state index contributed by atoms with van der Waals surface area (Å²) >= 11 is 0. The molecule has 1 atom stereocenters. The second-order valence-electron chi connectivity index (χ2n) is 8.00. The molecule has 0 aliphatic carbocycles. The minimum Gasteiger partial charge on any atom is -0.497 e. The summed E-state index contributed by atoms with van der Waals surface area (Å²) in [6.45, 7) is 8.25. The van der Waals surface area contributed by atoms with Crippen molar-refractivity contribution in [2.75, 3.05) is 46.9 Å². The van der Waals surface area contributed by atoms with Crippen LogP contribution in [0.25, 0.3) is 0 Å². The van der Waals surface area contributed by atoms with Gasteiger partial charge < -0.3 is 19.7 Å². The highest BCUT2D eigenvalue weighted by Crippen LogP contribution is 2.30. The number of methoxy groups -OCH3 is 2. The first-order valence-electron chi connectivity index (χ1n) is 9.43. The molecule has 158 valence electrons. The molecule has 1 unspecified atom stereocenters. The molecule has 0 bridgehead atoms. The molecule has 1 aromatic carbocycles. The van der Waals surface area contributed by atoms with Gasteiger partial charge in [0.05, 0.1) is 33.9 Å². The molecule has 1 amide bonds. The van der Waals surface area contributed by atoms with E-state index < -0.39 is 10.0 Å². The summed E-state index contributed by atoms with van der Waals surface area (Å²) < 4.78 is 38.3. The van der Waals surface area contributed by atoms with Gasteiger partial charge in [-0.15, -0.1) is 0 Å². The number of benzene rings is 1. The first-order chi connectivity index (χ1) is 13.1. The number of sulfonamides is 1. The smallest absolute Gasteiger partial charge is 0.275 e. The average molecular weight is 415 g/mol. The van der Waals surface area contributed by atoms with Crippen molar-refractivity contribution in [1.82, 2.24) is 9.62 Å². The third-order valence-electron chi connectivity index (χ3n) is 4.57. The lowest BCUT2D eigenvalue weighted by molar-refractivity contribution is -0.889. The number of carbonyl (C=O) groups is 1. The average Bonchev–Trinajstić information content (AvgIpc) is 2.85. The van der Waals surface area contributed by atoms with E-state index in [4.69, 9.17) is 9.47 Å². The maximum Gasteiger partial charge on any atom is 0.275 e. The van der Waals surface area contributed by atoms with Crippen LogP contribution in [0.1, 0.15) is 27.2 Å². The predicted octanol–water partition coefficient (Wildman–Crippen LogP) is -0.102. The zero-order valence-corrected chi connectivity index (χ0v) is 18.2. The fourth-order valence-corrected chi connectivity index (χ4v) is 4.91. The number of amides is 1. The molecule has 0 saturated carbocycles. The summed E-state index contributed by atoms with van der Waals surface area (Å²) in [6.07, 6.45) is 0.684. The van der Waals surface area contributed by atoms with E-state index in [-0.39, 0.29) is 16.3 Å². The summed E-state index contributed by atoms with van der Waals surface area (Å²) in [4.78, 5) is 13.4. The van der Waals surface area contributed by atoms with Gasteiger partial charge in [0.25, 0.3) is 5.91 Å². The Bertz CT molecular complexity index is 789. The number of hydrogen-bond donors (Lipinski definition) is 2. The minimum absolute atomic E-state index is 0.0201. The molecule has 1 heterocycles. The van der Waals surface area contributed by atoms with Crippen molar-refractivity contribution in [2.45, 2.75) is 37.6 Å². The third-order valence-corrected chi connectivity index (χ3v) is 6.49. The van der Waals surface area contributed by atoms with E-state index in [2.05, 4.69) is 5.32 Å². The Hall–Kier alpha value is -1.84. The Kier molecular flexibility index (Phi) is 7.30. The molecule has 1 aromatic rings. The van der Waals surface area contributed by atoms with Crippen LogP contribution >= 0.6 is 0 Å². The standard InChI is InChI=1S/C19H31N3O5S/c1-19(2,3)20-18(23)14-21-9-6-10-22(12-11-21)28(24,25)17-13-15(26-4)7-8-16(17)27-5/h7-8,13H,6,9-12,14H2,1-5H3,(H,20,23)/p+1. The molecule has 1 aliphatic rings. The maximum absolute atomic E-state index is 13.2. The first-order valence-corrected chi connectivity index (χ1v) is 10.9. The van der Waals surface area contributed by atoms with Gasteiger partial charge in [-0.3, -0.25) is 4.79 Å². The van der Waals surface area contributed by atoms with E-state index in [1.165, 1.54) is 24.6 Å². The summed E-state index contributed by atoms with van der Waals surface area (Å²) in [5, 5.41) is 2.96. The van der Waals surface area contributed by atoms with Gasteiger partial charge >= 0.3 is 0 Å². The molecule has 28 heavy (non-hydrogen) atoms. The second-order valence-corrected chi connectivity index (χ2v) is 9.91. The van der Waals surface area contributed by atoms with Crippen LogP contribution in [0.3, 0.4) is 0 Å². The van der Waals surface area contributed by atoms with Crippen LogP contribution in [0, 0.1) is 0 Å². The number of ether oxygens (including phenoxy) is 2. The second kappa shape index (κ2) is 9.11. The highest BCUT2D eigenvalue weighted by Gasteiger charge is 2.32. The quantitative estimate of drug-likeness (QED) is 0.679. The fourth-order valence-electron chi connectivity index (χ4n) is 3.26. The van der Waals surface area contributed by atoms with Crippen molar-refractivity contribution in [1.29, 1.82) is 0 Å².